The SMILES string of the molecule is C#CCOCC(S)CO. The van der Waals surface area contributed by atoms with Crippen LogP contribution in [0.15, 0.2) is 0 Å². The highest BCUT2D eigenvalue weighted by Gasteiger charge is 1.97. The summed E-state index contributed by atoms with van der Waals surface area (Å²) in [6.45, 7) is 0.717. The predicted octanol–water partition coefficient (Wildman–Crippen LogP) is -0.0731. The second kappa shape index (κ2) is 5.96. The summed E-state index contributed by atoms with van der Waals surface area (Å²) in [5, 5.41) is 8.31. The normalized spacial score (nSPS) is 12.6. The molecule has 0 aliphatic rings. The van der Waals surface area contributed by atoms with Crippen molar-refractivity contribution in [2.45, 2.75) is 5.25 Å². The summed E-state index contributed by atoms with van der Waals surface area (Å²) >= 11 is 3.96. The zero-order valence-corrected chi connectivity index (χ0v) is 5.97. The van der Waals surface area contributed by atoms with Gasteiger partial charge in [-0.2, -0.15) is 12.6 Å². The molecule has 0 aliphatic carbocycles. The van der Waals surface area contributed by atoms with Crippen molar-refractivity contribution in [3.05, 3.63) is 0 Å². The average Bonchev–Trinajstić information content (AvgIpc) is 1.89. The molecule has 0 aliphatic heterocycles. The number of hydrogen-bond donors (Lipinski definition) is 2. The molecule has 0 aromatic rings. The highest BCUT2D eigenvalue weighted by Crippen LogP contribution is 1.92. The second-order valence-corrected chi connectivity index (χ2v) is 2.29. The van der Waals surface area contributed by atoms with Gasteiger partial charge in [-0.05, 0) is 0 Å². The Kier molecular flexibility index (Phi) is 5.85. The molecule has 0 aromatic carbocycles. The molecule has 0 bridgehead atoms. The number of aliphatic hydroxyl groups is 1. The lowest BCUT2D eigenvalue weighted by Crippen LogP contribution is -2.13. The van der Waals surface area contributed by atoms with Crippen LogP contribution in [0, 0.1) is 12.3 Å². The van der Waals surface area contributed by atoms with Crippen LogP contribution in [0.25, 0.3) is 0 Å². The van der Waals surface area contributed by atoms with E-state index < -0.39 is 0 Å². The molecule has 0 aromatic heterocycles. The number of hydrogen-bond acceptors (Lipinski definition) is 3. The van der Waals surface area contributed by atoms with Crippen LogP contribution in [0.2, 0.25) is 0 Å². The maximum absolute atomic E-state index is 8.43. The Morgan fingerprint density at radius 3 is 2.89 bits per heavy atom. The van der Waals surface area contributed by atoms with E-state index in [9.17, 15) is 0 Å². The lowest BCUT2D eigenvalue weighted by molar-refractivity contribution is 0.148. The van der Waals surface area contributed by atoms with Crippen LogP contribution in [0.3, 0.4) is 0 Å². The molecule has 1 atom stereocenters. The molecule has 0 fully saturated rings. The minimum atomic E-state index is -0.113. The summed E-state index contributed by atoms with van der Waals surface area (Å²) in [5.41, 5.74) is 0. The Hall–Kier alpha value is -0.170. The van der Waals surface area contributed by atoms with Gasteiger partial charge in [0.15, 0.2) is 0 Å². The molecule has 2 nitrogen and oxygen atoms in total. The third-order valence-electron chi connectivity index (χ3n) is 0.706. The van der Waals surface area contributed by atoms with Gasteiger partial charge >= 0.3 is 0 Å². The number of thiol groups is 1. The topological polar surface area (TPSA) is 29.5 Å². The lowest BCUT2D eigenvalue weighted by atomic mass is 10.5. The maximum Gasteiger partial charge on any atom is 0.107 e. The van der Waals surface area contributed by atoms with Gasteiger partial charge in [0.1, 0.15) is 6.61 Å². The molecule has 0 rings (SSSR count). The Balaban J connectivity index is 2.99. The van der Waals surface area contributed by atoms with E-state index in [1.54, 1.807) is 0 Å². The van der Waals surface area contributed by atoms with Crippen molar-refractivity contribution >= 4 is 12.6 Å². The number of ether oxygens (including phenoxy) is 1. The minimum Gasteiger partial charge on any atom is -0.395 e. The molecule has 52 valence electrons. The summed E-state index contributed by atoms with van der Waals surface area (Å²) in [5.74, 6) is 2.31. The van der Waals surface area contributed by atoms with Gasteiger partial charge in [0.05, 0.1) is 13.2 Å². The van der Waals surface area contributed by atoms with Gasteiger partial charge in [-0.25, -0.2) is 0 Å². The van der Waals surface area contributed by atoms with Crippen molar-refractivity contribution in [1.29, 1.82) is 0 Å². The van der Waals surface area contributed by atoms with E-state index in [1.165, 1.54) is 0 Å². The van der Waals surface area contributed by atoms with Gasteiger partial charge in [-0.3, -0.25) is 0 Å². The van der Waals surface area contributed by atoms with E-state index in [1.807, 2.05) is 0 Å². The van der Waals surface area contributed by atoms with Crippen LogP contribution in [0.4, 0.5) is 0 Å². The maximum atomic E-state index is 8.43. The Bertz CT molecular complexity index is 97.7. The van der Waals surface area contributed by atoms with Crippen molar-refractivity contribution in [3.63, 3.8) is 0 Å². The van der Waals surface area contributed by atoms with Crippen molar-refractivity contribution in [1.82, 2.24) is 0 Å². The Morgan fingerprint density at radius 1 is 1.78 bits per heavy atom. The van der Waals surface area contributed by atoms with E-state index in [0.29, 0.717) is 6.61 Å². The summed E-state index contributed by atoms with van der Waals surface area (Å²) in [4.78, 5) is 0. The summed E-state index contributed by atoms with van der Waals surface area (Å²) in [6.07, 6.45) is 4.89. The third kappa shape index (κ3) is 5.71. The third-order valence-corrected chi connectivity index (χ3v) is 1.02. The fraction of sp³-hybridized carbons (Fsp3) is 0.667. The van der Waals surface area contributed by atoms with Gasteiger partial charge in [0.2, 0.25) is 0 Å². The fourth-order valence-electron chi connectivity index (χ4n) is 0.307. The first-order valence-corrected chi connectivity index (χ1v) is 3.13. The summed E-state index contributed by atoms with van der Waals surface area (Å²) < 4.78 is 4.86. The molecular formula is C6H10O2S. The monoisotopic (exact) mass is 146 g/mol. The van der Waals surface area contributed by atoms with E-state index in [2.05, 4.69) is 18.5 Å². The standard InChI is InChI=1S/C6H10O2S/c1-2-3-8-5-6(9)4-7/h1,6-7,9H,3-5H2. The van der Waals surface area contributed by atoms with Crippen LogP contribution in [0.5, 0.6) is 0 Å². The molecule has 0 saturated carbocycles. The zero-order chi connectivity index (χ0) is 7.11. The Morgan fingerprint density at radius 2 is 2.44 bits per heavy atom. The molecule has 9 heavy (non-hydrogen) atoms. The molecule has 1 N–H and O–H groups in total. The van der Waals surface area contributed by atoms with Crippen molar-refractivity contribution in [2.24, 2.45) is 0 Å². The van der Waals surface area contributed by atoms with Gasteiger partial charge < -0.3 is 9.84 Å². The van der Waals surface area contributed by atoms with E-state index in [4.69, 9.17) is 16.3 Å². The number of terminal acetylenes is 1. The number of aliphatic hydroxyl groups excluding tert-OH is 1. The van der Waals surface area contributed by atoms with Crippen LogP contribution < -0.4 is 0 Å². The van der Waals surface area contributed by atoms with Gasteiger partial charge in [0, 0.05) is 5.25 Å². The molecular weight excluding hydrogens is 136 g/mol. The van der Waals surface area contributed by atoms with Gasteiger partial charge in [0.25, 0.3) is 0 Å². The molecule has 1 unspecified atom stereocenters. The predicted molar refractivity (Wildman–Crippen MR) is 39.5 cm³/mol. The first-order valence-electron chi connectivity index (χ1n) is 2.61. The first kappa shape index (κ1) is 8.83. The largest absolute Gasteiger partial charge is 0.395 e. The van der Waals surface area contributed by atoms with Gasteiger partial charge in [-0.1, -0.05) is 5.92 Å². The fourth-order valence-corrected chi connectivity index (χ4v) is 0.412. The lowest BCUT2D eigenvalue weighted by Gasteiger charge is -2.04. The van der Waals surface area contributed by atoms with Crippen molar-refractivity contribution in [3.8, 4) is 12.3 Å². The van der Waals surface area contributed by atoms with E-state index in [0.717, 1.165) is 0 Å². The first-order chi connectivity index (χ1) is 4.31. The smallest absolute Gasteiger partial charge is 0.107 e. The summed E-state index contributed by atoms with van der Waals surface area (Å²) in [6, 6.07) is 0. The molecule has 0 saturated heterocycles. The molecule has 0 amide bonds. The van der Waals surface area contributed by atoms with Crippen LogP contribution in [-0.4, -0.2) is 30.2 Å². The van der Waals surface area contributed by atoms with Crippen molar-refractivity contribution in [2.75, 3.05) is 19.8 Å². The zero-order valence-electron chi connectivity index (χ0n) is 5.08. The average molecular weight is 146 g/mol. The second-order valence-electron chi connectivity index (χ2n) is 1.56. The van der Waals surface area contributed by atoms with Crippen LogP contribution in [0.1, 0.15) is 0 Å². The van der Waals surface area contributed by atoms with E-state index in [-0.39, 0.29) is 18.5 Å². The summed E-state index contributed by atoms with van der Waals surface area (Å²) in [7, 11) is 0. The van der Waals surface area contributed by atoms with E-state index >= 15 is 0 Å². The minimum absolute atomic E-state index is 0.0215. The quantitative estimate of drug-likeness (QED) is 0.330. The Labute approximate surface area is 60.6 Å². The van der Waals surface area contributed by atoms with Crippen LogP contribution in [-0.2, 0) is 4.74 Å². The molecule has 0 radical (unpaired) electrons. The van der Waals surface area contributed by atoms with Crippen molar-refractivity contribution < 1.29 is 9.84 Å². The molecule has 3 heteroatoms. The molecule has 0 spiro atoms. The van der Waals surface area contributed by atoms with Gasteiger partial charge in [-0.15, -0.1) is 6.42 Å². The van der Waals surface area contributed by atoms with Crippen LogP contribution >= 0.6 is 12.6 Å². The molecule has 0 heterocycles. The number of rotatable bonds is 4. The highest BCUT2D eigenvalue weighted by atomic mass is 32.1. The highest BCUT2D eigenvalue weighted by molar-refractivity contribution is 7.81.